The summed E-state index contributed by atoms with van der Waals surface area (Å²) in [5, 5.41) is 3.14. The van der Waals surface area contributed by atoms with Crippen molar-refractivity contribution in [1.29, 1.82) is 0 Å². The molecule has 2 heterocycles. The number of hydrogen-bond donors (Lipinski definition) is 1. The molecule has 1 atom stereocenters. The molecule has 0 bridgehead atoms. The summed E-state index contributed by atoms with van der Waals surface area (Å²) in [5.74, 6) is 1.01. The van der Waals surface area contributed by atoms with Crippen molar-refractivity contribution in [3.8, 4) is 0 Å². The van der Waals surface area contributed by atoms with Crippen molar-refractivity contribution in [3.63, 3.8) is 0 Å². The molecule has 4 nitrogen and oxygen atoms in total. The summed E-state index contributed by atoms with van der Waals surface area (Å²) in [7, 11) is 0. The predicted octanol–water partition coefficient (Wildman–Crippen LogP) is 0.511. The van der Waals surface area contributed by atoms with Gasteiger partial charge in [-0.3, -0.25) is 4.79 Å². The van der Waals surface area contributed by atoms with Gasteiger partial charge < -0.3 is 15.0 Å². The summed E-state index contributed by atoms with van der Waals surface area (Å²) in [4.78, 5) is 14.0. The third-order valence-electron chi connectivity index (χ3n) is 3.28. The van der Waals surface area contributed by atoms with Crippen molar-refractivity contribution in [3.05, 3.63) is 0 Å². The van der Waals surface area contributed by atoms with Crippen LogP contribution in [0.15, 0.2) is 0 Å². The predicted molar refractivity (Wildman–Crippen MR) is 64.8 cm³/mol. The molecule has 0 spiro atoms. The van der Waals surface area contributed by atoms with Crippen LogP contribution in [-0.2, 0) is 9.53 Å². The second-order valence-electron chi connectivity index (χ2n) is 4.79. The zero-order valence-corrected chi connectivity index (χ0v) is 10.8. The Hall–Kier alpha value is -0.320. The SMILES string of the molecule is CC(C)C1CN(C(=O)C2CNC2)CCO1.Cl. The molecule has 0 aromatic carbocycles. The second-order valence-corrected chi connectivity index (χ2v) is 4.79. The summed E-state index contributed by atoms with van der Waals surface area (Å²) < 4.78 is 5.64. The Bertz CT molecular complexity index is 244. The number of carbonyl (C=O) groups is 1. The van der Waals surface area contributed by atoms with Crippen LogP contribution < -0.4 is 5.32 Å². The van der Waals surface area contributed by atoms with Gasteiger partial charge in [0.05, 0.1) is 18.6 Å². The van der Waals surface area contributed by atoms with Crippen LogP contribution in [0.2, 0.25) is 0 Å². The fourth-order valence-electron chi connectivity index (χ4n) is 2.00. The van der Waals surface area contributed by atoms with Gasteiger partial charge in [-0.25, -0.2) is 0 Å². The maximum atomic E-state index is 12.0. The maximum Gasteiger partial charge on any atom is 0.228 e. The number of ether oxygens (including phenoxy) is 1. The van der Waals surface area contributed by atoms with Crippen LogP contribution in [0.3, 0.4) is 0 Å². The van der Waals surface area contributed by atoms with Crippen LogP contribution in [0, 0.1) is 11.8 Å². The zero-order valence-electron chi connectivity index (χ0n) is 9.94. The largest absolute Gasteiger partial charge is 0.374 e. The van der Waals surface area contributed by atoms with E-state index in [0.717, 1.165) is 26.2 Å². The lowest BCUT2D eigenvalue weighted by molar-refractivity contribution is -0.146. The molecule has 1 amide bonds. The summed E-state index contributed by atoms with van der Waals surface area (Å²) in [6.45, 7) is 8.21. The minimum atomic E-state index is 0. The number of carbonyl (C=O) groups excluding carboxylic acids is 1. The van der Waals surface area contributed by atoms with Crippen LogP contribution in [0.25, 0.3) is 0 Å². The fraction of sp³-hybridized carbons (Fsp3) is 0.909. The van der Waals surface area contributed by atoms with E-state index >= 15 is 0 Å². The molecule has 2 saturated heterocycles. The molecule has 0 aromatic rings. The highest BCUT2D eigenvalue weighted by atomic mass is 35.5. The first kappa shape index (κ1) is 13.7. The molecule has 0 saturated carbocycles. The number of nitrogens with one attached hydrogen (secondary N) is 1. The third kappa shape index (κ3) is 2.87. The highest BCUT2D eigenvalue weighted by molar-refractivity contribution is 5.85. The van der Waals surface area contributed by atoms with Gasteiger partial charge in [0, 0.05) is 26.2 Å². The maximum absolute atomic E-state index is 12.0. The number of morpholine rings is 1. The zero-order chi connectivity index (χ0) is 10.8. The smallest absolute Gasteiger partial charge is 0.228 e. The van der Waals surface area contributed by atoms with Crippen LogP contribution in [0.5, 0.6) is 0 Å². The van der Waals surface area contributed by atoms with Gasteiger partial charge in [0.1, 0.15) is 0 Å². The first-order valence-electron chi connectivity index (χ1n) is 5.79. The standard InChI is InChI=1S/C11H20N2O2.ClH/c1-8(2)10-7-13(3-4-15-10)11(14)9-5-12-6-9;/h8-10,12H,3-7H2,1-2H3;1H. The summed E-state index contributed by atoms with van der Waals surface area (Å²) in [6.07, 6.45) is 0.218. The third-order valence-corrected chi connectivity index (χ3v) is 3.28. The molecule has 2 fully saturated rings. The Morgan fingerprint density at radius 1 is 1.44 bits per heavy atom. The molecule has 1 unspecified atom stereocenters. The molecule has 0 radical (unpaired) electrons. The van der Waals surface area contributed by atoms with E-state index in [2.05, 4.69) is 19.2 Å². The molecule has 1 N–H and O–H groups in total. The lowest BCUT2D eigenvalue weighted by atomic mass is 10.00. The highest BCUT2D eigenvalue weighted by Crippen LogP contribution is 2.16. The number of halogens is 1. The summed E-state index contributed by atoms with van der Waals surface area (Å²) in [6, 6.07) is 0. The number of rotatable bonds is 2. The molecule has 94 valence electrons. The van der Waals surface area contributed by atoms with Gasteiger partial charge in [0.25, 0.3) is 0 Å². The van der Waals surface area contributed by atoms with E-state index in [4.69, 9.17) is 4.74 Å². The van der Waals surface area contributed by atoms with E-state index in [-0.39, 0.29) is 24.4 Å². The van der Waals surface area contributed by atoms with Crippen molar-refractivity contribution < 1.29 is 9.53 Å². The first-order valence-corrected chi connectivity index (χ1v) is 5.79. The van der Waals surface area contributed by atoms with Crippen LogP contribution in [0.4, 0.5) is 0 Å². The van der Waals surface area contributed by atoms with E-state index in [1.165, 1.54) is 0 Å². The molecule has 5 heteroatoms. The summed E-state index contributed by atoms with van der Waals surface area (Å²) >= 11 is 0. The molecule has 0 aliphatic carbocycles. The van der Waals surface area contributed by atoms with Gasteiger partial charge in [-0.05, 0) is 5.92 Å². The van der Waals surface area contributed by atoms with Crippen LogP contribution in [0.1, 0.15) is 13.8 Å². The average Bonchev–Trinajstić information content (AvgIpc) is 2.15. The number of nitrogens with zero attached hydrogens (tertiary/aromatic N) is 1. The van der Waals surface area contributed by atoms with Crippen LogP contribution >= 0.6 is 12.4 Å². The lowest BCUT2D eigenvalue weighted by Gasteiger charge is -2.38. The fourth-order valence-corrected chi connectivity index (χ4v) is 2.00. The van der Waals surface area contributed by atoms with Gasteiger partial charge in [-0.2, -0.15) is 0 Å². The number of amides is 1. The normalized spacial score (nSPS) is 26.2. The van der Waals surface area contributed by atoms with Crippen molar-refractivity contribution in [1.82, 2.24) is 10.2 Å². The van der Waals surface area contributed by atoms with E-state index in [9.17, 15) is 4.79 Å². The molecular formula is C11H21ClN2O2. The van der Waals surface area contributed by atoms with Crippen molar-refractivity contribution in [2.75, 3.05) is 32.8 Å². The van der Waals surface area contributed by atoms with Gasteiger partial charge in [0.2, 0.25) is 5.91 Å². The van der Waals surface area contributed by atoms with E-state index in [1.807, 2.05) is 4.90 Å². The van der Waals surface area contributed by atoms with Crippen molar-refractivity contribution in [2.24, 2.45) is 11.8 Å². The molecule has 2 aliphatic rings. The van der Waals surface area contributed by atoms with E-state index in [1.54, 1.807) is 0 Å². The first-order chi connectivity index (χ1) is 7.18. The Morgan fingerprint density at radius 3 is 2.62 bits per heavy atom. The molecular weight excluding hydrogens is 228 g/mol. The molecule has 16 heavy (non-hydrogen) atoms. The molecule has 2 aliphatic heterocycles. The second kappa shape index (κ2) is 5.84. The van der Waals surface area contributed by atoms with Gasteiger partial charge in [0.15, 0.2) is 0 Å². The minimum Gasteiger partial charge on any atom is -0.374 e. The van der Waals surface area contributed by atoms with Crippen molar-refractivity contribution in [2.45, 2.75) is 20.0 Å². The van der Waals surface area contributed by atoms with E-state index in [0.29, 0.717) is 18.4 Å². The number of hydrogen-bond acceptors (Lipinski definition) is 3. The van der Waals surface area contributed by atoms with E-state index < -0.39 is 0 Å². The molecule has 2 rings (SSSR count). The minimum absolute atomic E-state index is 0. The van der Waals surface area contributed by atoms with Crippen molar-refractivity contribution >= 4 is 18.3 Å². The Labute approximate surface area is 103 Å². The summed E-state index contributed by atoms with van der Waals surface area (Å²) in [5.41, 5.74) is 0. The van der Waals surface area contributed by atoms with Gasteiger partial charge in [-0.1, -0.05) is 13.8 Å². The highest BCUT2D eigenvalue weighted by Gasteiger charge is 2.33. The Kier molecular flexibility index (Phi) is 5.02. The Morgan fingerprint density at radius 2 is 2.12 bits per heavy atom. The monoisotopic (exact) mass is 248 g/mol. The van der Waals surface area contributed by atoms with Gasteiger partial charge >= 0.3 is 0 Å². The quantitative estimate of drug-likeness (QED) is 0.775. The Balaban J connectivity index is 0.00000128. The average molecular weight is 249 g/mol. The topological polar surface area (TPSA) is 41.6 Å². The van der Waals surface area contributed by atoms with Gasteiger partial charge in [-0.15, -0.1) is 12.4 Å². The molecule has 0 aromatic heterocycles. The van der Waals surface area contributed by atoms with Crippen LogP contribution in [-0.4, -0.2) is 49.7 Å². The lowest BCUT2D eigenvalue weighted by Crippen LogP contribution is -2.56.